The molecule has 1 heterocycles. The summed E-state index contributed by atoms with van der Waals surface area (Å²) in [5, 5.41) is 3.38. The standard InChI is InChI=1S/C13H25N3/c1-5-8-14-13-15-9-10-16(13)11(4)12(6-2)7-3/h9-12H,5-8H2,1-4H3,(H,14,15). The highest BCUT2D eigenvalue weighted by Crippen LogP contribution is 2.26. The van der Waals surface area contributed by atoms with E-state index in [4.69, 9.17) is 0 Å². The maximum Gasteiger partial charge on any atom is 0.203 e. The highest BCUT2D eigenvalue weighted by Gasteiger charge is 2.17. The predicted octanol–water partition coefficient (Wildman–Crippen LogP) is 3.70. The van der Waals surface area contributed by atoms with Gasteiger partial charge in [-0.1, -0.05) is 33.6 Å². The van der Waals surface area contributed by atoms with E-state index in [-0.39, 0.29) is 0 Å². The van der Waals surface area contributed by atoms with Crippen molar-refractivity contribution in [3.8, 4) is 0 Å². The zero-order chi connectivity index (χ0) is 12.0. The predicted molar refractivity (Wildman–Crippen MR) is 69.8 cm³/mol. The van der Waals surface area contributed by atoms with E-state index in [1.165, 1.54) is 12.8 Å². The summed E-state index contributed by atoms with van der Waals surface area (Å²) in [6.07, 6.45) is 7.55. The van der Waals surface area contributed by atoms with Crippen molar-refractivity contribution in [3.63, 3.8) is 0 Å². The maximum atomic E-state index is 4.38. The molecule has 0 fully saturated rings. The fourth-order valence-electron chi connectivity index (χ4n) is 2.21. The molecule has 16 heavy (non-hydrogen) atoms. The van der Waals surface area contributed by atoms with Gasteiger partial charge in [-0.25, -0.2) is 4.98 Å². The number of rotatable bonds is 7. The van der Waals surface area contributed by atoms with E-state index in [0.717, 1.165) is 24.8 Å². The van der Waals surface area contributed by atoms with Crippen LogP contribution in [0.4, 0.5) is 5.95 Å². The Bertz CT molecular complexity index is 289. The average Bonchev–Trinajstić information content (AvgIpc) is 2.75. The number of nitrogens with zero attached hydrogens (tertiary/aromatic N) is 2. The lowest BCUT2D eigenvalue weighted by Crippen LogP contribution is -2.18. The van der Waals surface area contributed by atoms with Gasteiger partial charge in [-0.05, 0) is 19.3 Å². The molecule has 0 bridgehead atoms. The van der Waals surface area contributed by atoms with E-state index < -0.39 is 0 Å². The minimum Gasteiger partial charge on any atom is -0.356 e. The molecule has 1 aromatic rings. The van der Waals surface area contributed by atoms with Crippen LogP contribution in [0, 0.1) is 5.92 Å². The largest absolute Gasteiger partial charge is 0.356 e. The normalized spacial score (nSPS) is 13.1. The SMILES string of the molecule is CCCNc1nccn1C(C)C(CC)CC. The Kier molecular flexibility index (Phi) is 5.36. The first-order valence-corrected chi connectivity index (χ1v) is 6.51. The molecule has 3 heteroatoms. The number of nitrogens with one attached hydrogen (secondary N) is 1. The van der Waals surface area contributed by atoms with Gasteiger partial charge in [0, 0.05) is 25.0 Å². The van der Waals surface area contributed by atoms with Crippen LogP contribution in [0.25, 0.3) is 0 Å². The Morgan fingerprint density at radius 1 is 1.31 bits per heavy atom. The van der Waals surface area contributed by atoms with Crippen LogP contribution in [-0.2, 0) is 0 Å². The summed E-state index contributed by atoms with van der Waals surface area (Å²) in [6, 6.07) is 0.525. The van der Waals surface area contributed by atoms with Crippen LogP contribution in [-0.4, -0.2) is 16.1 Å². The van der Waals surface area contributed by atoms with Crippen molar-refractivity contribution in [3.05, 3.63) is 12.4 Å². The van der Waals surface area contributed by atoms with E-state index in [2.05, 4.69) is 48.8 Å². The number of aromatic nitrogens is 2. The first kappa shape index (κ1) is 13.1. The highest BCUT2D eigenvalue weighted by molar-refractivity contribution is 5.26. The summed E-state index contributed by atoms with van der Waals surface area (Å²) in [7, 11) is 0. The molecule has 0 aromatic carbocycles. The van der Waals surface area contributed by atoms with Crippen molar-refractivity contribution in [2.45, 2.75) is 53.0 Å². The molecular weight excluding hydrogens is 198 g/mol. The molecule has 92 valence electrons. The van der Waals surface area contributed by atoms with Crippen molar-refractivity contribution in [2.24, 2.45) is 5.92 Å². The van der Waals surface area contributed by atoms with Gasteiger partial charge in [0.2, 0.25) is 5.95 Å². The fourth-order valence-corrected chi connectivity index (χ4v) is 2.21. The van der Waals surface area contributed by atoms with E-state index >= 15 is 0 Å². The summed E-state index contributed by atoms with van der Waals surface area (Å²) < 4.78 is 2.27. The van der Waals surface area contributed by atoms with Gasteiger partial charge in [-0.3, -0.25) is 0 Å². The van der Waals surface area contributed by atoms with Crippen LogP contribution >= 0.6 is 0 Å². The molecule has 0 saturated heterocycles. The monoisotopic (exact) mass is 223 g/mol. The van der Waals surface area contributed by atoms with Crippen LogP contribution < -0.4 is 5.32 Å². The lowest BCUT2D eigenvalue weighted by molar-refractivity contribution is 0.335. The second-order valence-electron chi connectivity index (χ2n) is 4.40. The Morgan fingerprint density at radius 2 is 2.00 bits per heavy atom. The Labute approximate surface area is 99.3 Å². The first-order chi connectivity index (χ1) is 7.74. The molecule has 1 rings (SSSR count). The van der Waals surface area contributed by atoms with E-state index in [0.29, 0.717) is 6.04 Å². The quantitative estimate of drug-likeness (QED) is 0.763. The summed E-state index contributed by atoms with van der Waals surface area (Å²) in [6.45, 7) is 9.98. The molecule has 1 unspecified atom stereocenters. The third kappa shape index (κ3) is 3.00. The Morgan fingerprint density at radius 3 is 2.56 bits per heavy atom. The average molecular weight is 223 g/mol. The van der Waals surface area contributed by atoms with Gasteiger partial charge >= 0.3 is 0 Å². The first-order valence-electron chi connectivity index (χ1n) is 6.51. The number of hydrogen-bond acceptors (Lipinski definition) is 2. The molecular formula is C13H25N3. The summed E-state index contributed by atoms with van der Waals surface area (Å²) in [4.78, 5) is 4.38. The highest BCUT2D eigenvalue weighted by atomic mass is 15.2. The molecule has 0 radical (unpaired) electrons. The van der Waals surface area contributed by atoms with Crippen molar-refractivity contribution >= 4 is 5.95 Å². The van der Waals surface area contributed by atoms with Gasteiger partial charge in [-0.2, -0.15) is 0 Å². The van der Waals surface area contributed by atoms with Gasteiger partial charge < -0.3 is 9.88 Å². The minimum atomic E-state index is 0.525. The van der Waals surface area contributed by atoms with E-state index in [1.807, 2.05) is 6.20 Å². The Hall–Kier alpha value is -0.990. The zero-order valence-electron chi connectivity index (χ0n) is 11.0. The van der Waals surface area contributed by atoms with Crippen molar-refractivity contribution in [1.82, 2.24) is 9.55 Å². The van der Waals surface area contributed by atoms with Gasteiger partial charge in [0.1, 0.15) is 0 Å². The van der Waals surface area contributed by atoms with Crippen LogP contribution in [0.5, 0.6) is 0 Å². The third-order valence-electron chi connectivity index (χ3n) is 3.37. The topological polar surface area (TPSA) is 29.9 Å². The second kappa shape index (κ2) is 6.56. The van der Waals surface area contributed by atoms with Crippen LogP contribution in [0.1, 0.15) is 53.0 Å². The molecule has 0 saturated carbocycles. The number of anilines is 1. The van der Waals surface area contributed by atoms with E-state index in [9.17, 15) is 0 Å². The lowest BCUT2D eigenvalue weighted by Gasteiger charge is -2.24. The molecule has 1 atom stereocenters. The van der Waals surface area contributed by atoms with E-state index in [1.54, 1.807) is 0 Å². The van der Waals surface area contributed by atoms with Crippen LogP contribution in [0.3, 0.4) is 0 Å². The summed E-state index contributed by atoms with van der Waals surface area (Å²) >= 11 is 0. The van der Waals surface area contributed by atoms with Crippen LogP contribution in [0.2, 0.25) is 0 Å². The summed E-state index contributed by atoms with van der Waals surface area (Å²) in [5.41, 5.74) is 0. The molecule has 0 aliphatic heterocycles. The Balaban J connectivity index is 2.73. The molecule has 3 nitrogen and oxygen atoms in total. The zero-order valence-corrected chi connectivity index (χ0v) is 11.0. The van der Waals surface area contributed by atoms with Gasteiger partial charge in [0.25, 0.3) is 0 Å². The molecule has 0 aliphatic carbocycles. The lowest BCUT2D eigenvalue weighted by atomic mass is 9.95. The van der Waals surface area contributed by atoms with Crippen molar-refractivity contribution < 1.29 is 0 Å². The maximum absolute atomic E-state index is 4.38. The fraction of sp³-hybridized carbons (Fsp3) is 0.769. The molecule has 0 amide bonds. The van der Waals surface area contributed by atoms with Gasteiger partial charge in [-0.15, -0.1) is 0 Å². The van der Waals surface area contributed by atoms with Crippen LogP contribution in [0.15, 0.2) is 12.4 Å². The van der Waals surface area contributed by atoms with Gasteiger partial charge in [0.15, 0.2) is 0 Å². The third-order valence-corrected chi connectivity index (χ3v) is 3.37. The second-order valence-corrected chi connectivity index (χ2v) is 4.40. The molecule has 0 spiro atoms. The number of hydrogen-bond donors (Lipinski definition) is 1. The van der Waals surface area contributed by atoms with Gasteiger partial charge in [0.05, 0.1) is 0 Å². The number of imidazole rings is 1. The molecule has 1 N–H and O–H groups in total. The van der Waals surface area contributed by atoms with Crippen molar-refractivity contribution in [2.75, 3.05) is 11.9 Å². The minimum absolute atomic E-state index is 0.525. The van der Waals surface area contributed by atoms with Crippen molar-refractivity contribution in [1.29, 1.82) is 0 Å². The smallest absolute Gasteiger partial charge is 0.203 e. The molecule has 0 aliphatic rings. The summed E-state index contributed by atoms with van der Waals surface area (Å²) in [5.74, 6) is 1.75. The molecule has 1 aromatic heterocycles.